The minimum absolute atomic E-state index is 0.0802. The average molecular weight is 208 g/mol. The van der Waals surface area contributed by atoms with Crippen LogP contribution in [0.15, 0.2) is 24.3 Å². The zero-order valence-electron chi connectivity index (χ0n) is 8.56. The van der Waals surface area contributed by atoms with E-state index in [1.54, 1.807) is 18.2 Å². The fourth-order valence-corrected chi connectivity index (χ4v) is 1.04. The van der Waals surface area contributed by atoms with E-state index in [0.717, 1.165) is 0 Å². The molecular formula is C11H12O4. The molecule has 1 rings (SSSR count). The van der Waals surface area contributed by atoms with Crippen molar-refractivity contribution in [2.24, 2.45) is 0 Å². The van der Waals surface area contributed by atoms with Gasteiger partial charge in [0.1, 0.15) is 5.75 Å². The van der Waals surface area contributed by atoms with Crippen LogP contribution in [0.25, 0.3) is 0 Å². The topological polar surface area (TPSA) is 63.6 Å². The molecule has 0 heterocycles. The third kappa shape index (κ3) is 3.09. The number of carboxylic acid groups (broad SMARTS) is 1. The van der Waals surface area contributed by atoms with Crippen LogP contribution in [0.5, 0.6) is 5.75 Å². The standard InChI is InChI=1S/C11H12O4/c1-7(12)9-4-3-5-10(6-9)15-8(2)11(13)14/h3-6,8H,1-2H3,(H,13,14). The Balaban J connectivity index is 2.82. The van der Waals surface area contributed by atoms with Crippen LogP contribution in [0, 0.1) is 0 Å². The van der Waals surface area contributed by atoms with Gasteiger partial charge in [-0.25, -0.2) is 4.79 Å². The molecule has 15 heavy (non-hydrogen) atoms. The number of carbonyl (C=O) groups excluding carboxylic acids is 1. The van der Waals surface area contributed by atoms with Crippen molar-refractivity contribution in [3.63, 3.8) is 0 Å². The number of Topliss-reactive ketones (excluding diaryl/α,β-unsaturated/α-hetero) is 1. The van der Waals surface area contributed by atoms with Crippen molar-refractivity contribution >= 4 is 11.8 Å². The van der Waals surface area contributed by atoms with Gasteiger partial charge in [0.15, 0.2) is 11.9 Å². The second-order valence-electron chi connectivity index (χ2n) is 3.18. The van der Waals surface area contributed by atoms with Crippen molar-refractivity contribution in [3.8, 4) is 5.75 Å². The van der Waals surface area contributed by atoms with Crippen LogP contribution in [0.1, 0.15) is 24.2 Å². The summed E-state index contributed by atoms with van der Waals surface area (Å²) in [4.78, 5) is 21.6. The Morgan fingerprint density at radius 2 is 2.07 bits per heavy atom. The fourth-order valence-electron chi connectivity index (χ4n) is 1.04. The van der Waals surface area contributed by atoms with Gasteiger partial charge < -0.3 is 9.84 Å². The molecule has 1 aromatic rings. The molecule has 1 aromatic carbocycles. The van der Waals surface area contributed by atoms with Crippen molar-refractivity contribution in [2.45, 2.75) is 20.0 Å². The van der Waals surface area contributed by atoms with Crippen molar-refractivity contribution in [1.29, 1.82) is 0 Å². The largest absolute Gasteiger partial charge is 0.479 e. The molecule has 1 N–H and O–H groups in total. The van der Waals surface area contributed by atoms with E-state index >= 15 is 0 Å². The number of carboxylic acids is 1. The number of benzene rings is 1. The summed E-state index contributed by atoms with van der Waals surface area (Å²) < 4.78 is 5.11. The van der Waals surface area contributed by atoms with Gasteiger partial charge in [-0.1, -0.05) is 12.1 Å². The molecule has 0 aromatic heterocycles. The van der Waals surface area contributed by atoms with Crippen molar-refractivity contribution in [1.82, 2.24) is 0 Å². The van der Waals surface area contributed by atoms with Crippen LogP contribution in [-0.4, -0.2) is 23.0 Å². The van der Waals surface area contributed by atoms with E-state index in [4.69, 9.17) is 9.84 Å². The van der Waals surface area contributed by atoms with Crippen molar-refractivity contribution in [3.05, 3.63) is 29.8 Å². The minimum Gasteiger partial charge on any atom is -0.479 e. The lowest BCUT2D eigenvalue weighted by Gasteiger charge is -2.10. The first-order valence-corrected chi connectivity index (χ1v) is 4.51. The lowest BCUT2D eigenvalue weighted by atomic mass is 10.1. The summed E-state index contributed by atoms with van der Waals surface area (Å²) in [5.74, 6) is -0.732. The van der Waals surface area contributed by atoms with Gasteiger partial charge >= 0.3 is 5.97 Å². The number of hydrogen-bond acceptors (Lipinski definition) is 3. The van der Waals surface area contributed by atoms with Crippen molar-refractivity contribution < 1.29 is 19.4 Å². The Labute approximate surface area is 87.5 Å². The Morgan fingerprint density at radius 1 is 1.40 bits per heavy atom. The van der Waals surface area contributed by atoms with E-state index in [0.29, 0.717) is 11.3 Å². The Bertz CT molecular complexity index is 384. The maximum Gasteiger partial charge on any atom is 0.344 e. The molecule has 0 saturated heterocycles. The molecule has 0 aliphatic carbocycles. The fraction of sp³-hybridized carbons (Fsp3) is 0.273. The third-order valence-electron chi connectivity index (χ3n) is 1.90. The SMILES string of the molecule is CC(=O)c1cccc(OC(C)C(=O)O)c1. The lowest BCUT2D eigenvalue weighted by molar-refractivity contribution is -0.144. The average Bonchev–Trinajstić information content (AvgIpc) is 2.18. The summed E-state index contributed by atoms with van der Waals surface area (Å²) in [6.07, 6.45) is -0.924. The summed E-state index contributed by atoms with van der Waals surface area (Å²) in [6.45, 7) is 2.88. The van der Waals surface area contributed by atoms with E-state index in [1.165, 1.54) is 19.9 Å². The van der Waals surface area contributed by atoms with E-state index in [1.807, 2.05) is 0 Å². The highest BCUT2D eigenvalue weighted by Gasteiger charge is 2.12. The number of ketones is 1. The van der Waals surface area contributed by atoms with Crippen LogP contribution < -0.4 is 4.74 Å². The van der Waals surface area contributed by atoms with Gasteiger partial charge in [0.25, 0.3) is 0 Å². The van der Waals surface area contributed by atoms with E-state index in [2.05, 4.69) is 0 Å². The molecular weight excluding hydrogens is 196 g/mol. The summed E-state index contributed by atoms with van der Waals surface area (Å²) in [5, 5.41) is 8.63. The zero-order chi connectivity index (χ0) is 11.4. The Kier molecular flexibility index (Phi) is 3.44. The molecule has 1 unspecified atom stereocenters. The van der Waals surface area contributed by atoms with E-state index in [-0.39, 0.29) is 5.78 Å². The van der Waals surface area contributed by atoms with Crippen molar-refractivity contribution in [2.75, 3.05) is 0 Å². The monoisotopic (exact) mass is 208 g/mol. The summed E-state index contributed by atoms with van der Waals surface area (Å²) in [6, 6.07) is 6.45. The molecule has 0 amide bonds. The molecule has 80 valence electrons. The molecule has 0 aliphatic heterocycles. The molecule has 1 atom stereocenters. The third-order valence-corrected chi connectivity index (χ3v) is 1.90. The molecule has 0 bridgehead atoms. The van der Waals surface area contributed by atoms with Gasteiger partial charge in [-0.2, -0.15) is 0 Å². The van der Waals surface area contributed by atoms with Crippen LogP contribution in [-0.2, 0) is 4.79 Å². The molecule has 0 radical (unpaired) electrons. The van der Waals surface area contributed by atoms with Crippen LogP contribution in [0.3, 0.4) is 0 Å². The second kappa shape index (κ2) is 4.59. The number of aliphatic carboxylic acids is 1. The van der Waals surface area contributed by atoms with Gasteiger partial charge in [0.05, 0.1) is 0 Å². The van der Waals surface area contributed by atoms with Gasteiger partial charge in [-0.15, -0.1) is 0 Å². The van der Waals surface area contributed by atoms with Crippen LogP contribution in [0.2, 0.25) is 0 Å². The zero-order valence-corrected chi connectivity index (χ0v) is 8.56. The summed E-state index contributed by atoms with van der Waals surface area (Å²) in [5.41, 5.74) is 0.505. The summed E-state index contributed by atoms with van der Waals surface area (Å²) >= 11 is 0. The van der Waals surface area contributed by atoms with Crippen LogP contribution >= 0.6 is 0 Å². The second-order valence-corrected chi connectivity index (χ2v) is 3.18. The van der Waals surface area contributed by atoms with E-state index in [9.17, 15) is 9.59 Å². The Morgan fingerprint density at radius 3 is 2.60 bits per heavy atom. The molecule has 4 heteroatoms. The first kappa shape index (κ1) is 11.2. The predicted octanol–water partition coefficient (Wildman–Crippen LogP) is 1.74. The normalized spacial score (nSPS) is 11.9. The first-order chi connectivity index (χ1) is 7.00. The molecule has 0 saturated carbocycles. The number of carbonyl (C=O) groups is 2. The Hall–Kier alpha value is -1.84. The van der Waals surface area contributed by atoms with E-state index < -0.39 is 12.1 Å². The van der Waals surface area contributed by atoms with Gasteiger partial charge in [-0.05, 0) is 26.0 Å². The highest BCUT2D eigenvalue weighted by Crippen LogP contribution is 2.15. The van der Waals surface area contributed by atoms with Crippen LogP contribution in [0.4, 0.5) is 0 Å². The number of ether oxygens (including phenoxy) is 1. The summed E-state index contributed by atoms with van der Waals surface area (Å²) in [7, 11) is 0. The van der Waals surface area contributed by atoms with Gasteiger partial charge in [0.2, 0.25) is 0 Å². The molecule has 0 spiro atoms. The maximum atomic E-state index is 11.0. The number of hydrogen-bond donors (Lipinski definition) is 1. The first-order valence-electron chi connectivity index (χ1n) is 4.51. The smallest absolute Gasteiger partial charge is 0.344 e. The molecule has 4 nitrogen and oxygen atoms in total. The molecule has 0 aliphatic rings. The highest BCUT2D eigenvalue weighted by atomic mass is 16.5. The number of rotatable bonds is 4. The quantitative estimate of drug-likeness (QED) is 0.765. The molecule has 0 fully saturated rings. The van der Waals surface area contributed by atoms with Gasteiger partial charge in [0, 0.05) is 5.56 Å². The maximum absolute atomic E-state index is 11.0. The van der Waals surface area contributed by atoms with Gasteiger partial charge in [-0.3, -0.25) is 4.79 Å². The lowest BCUT2D eigenvalue weighted by Crippen LogP contribution is -2.22. The highest BCUT2D eigenvalue weighted by molar-refractivity contribution is 5.94. The minimum atomic E-state index is -1.04. The predicted molar refractivity (Wildman–Crippen MR) is 54.2 cm³/mol.